The van der Waals surface area contributed by atoms with E-state index in [0.29, 0.717) is 16.4 Å². The molecule has 0 bridgehead atoms. The Morgan fingerprint density at radius 2 is 2.00 bits per heavy atom. The fourth-order valence-electron chi connectivity index (χ4n) is 1.60. The highest BCUT2D eigenvalue weighted by Gasteiger charge is 2.03. The third-order valence-electron chi connectivity index (χ3n) is 2.51. The molecule has 20 heavy (non-hydrogen) atoms. The number of carbonyl (C=O) groups is 1. The maximum Gasteiger partial charge on any atom is 0.255 e. The number of rotatable bonds is 6. The molecule has 2 aromatic carbocycles. The second-order valence-corrected chi connectivity index (χ2v) is 5.14. The van der Waals surface area contributed by atoms with Gasteiger partial charge in [-0.25, -0.2) is 4.39 Å². The minimum Gasteiger partial charge on any atom is -0.484 e. The number of nitrogens with two attached hydrogens (primary N) is 1. The molecule has 2 aromatic rings. The van der Waals surface area contributed by atoms with Gasteiger partial charge in [-0.1, -0.05) is 24.3 Å². The third kappa shape index (κ3) is 4.28. The molecule has 0 radical (unpaired) electrons. The van der Waals surface area contributed by atoms with E-state index in [-0.39, 0.29) is 12.4 Å². The lowest BCUT2D eigenvalue weighted by atomic mass is 10.2. The van der Waals surface area contributed by atoms with Gasteiger partial charge in [-0.15, -0.1) is 11.8 Å². The van der Waals surface area contributed by atoms with Gasteiger partial charge in [0.05, 0.1) is 0 Å². The van der Waals surface area contributed by atoms with Crippen molar-refractivity contribution in [1.82, 2.24) is 0 Å². The molecular formula is C15H14FNO2S. The first-order chi connectivity index (χ1) is 9.65. The van der Waals surface area contributed by atoms with Crippen LogP contribution in [0.25, 0.3) is 0 Å². The van der Waals surface area contributed by atoms with Gasteiger partial charge in [-0.3, -0.25) is 4.79 Å². The Morgan fingerprint density at radius 3 is 2.75 bits per heavy atom. The summed E-state index contributed by atoms with van der Waals surface area (Å²) in [4.78, 5) is 11.3. The van der Waals surface area contributed by atoms with Gasteiger partial charge in [0, 0.05) is 10.6 Å². The van der Waals surface area contributed by atoms with E-state index >= 15 is 0 Å². The Hall–Kier alpha value is -2.01. The summed E-state index contributed by atoms with van der Waals surface area (Å²) in [5.41, 5.74) is 6.01. The zero-order valence-corrected chi connectivity index (χ0v) is 11.5. The van der Waals surface area contributed by atoms with Gasteiger partial charge in [-0.2, -0.15) is 0 Å². The molecule has 0 unspecified atom stereocenters. The van der Waals surface area contributed by atoms with Crippen molar-refractivity contribution < 1.29 is 13.9 Å². The van der Waals surface area contributed by atoms with E-state index in [1.807, 2.05) is 18.2 Å². The quantitative estimate of drug-likeness (QED) is 0.832. The average Bonchev–Trinajstić information content (AvgIpc) is 2.45. The molecule has 1 amide bonds. The Kier molecular flexibility index (Phi) is 5.01. The van der Waals surface area contributed by atoms with Crippen LogP contribution in [0.15, 0.2) is 53.4 Å². The smallest absolute Gasteiger partial charge is 0.255 e. The SMILES string of the molecule is NC(=O)COc1cccc(CSc2ccccc2F)c1. The molecule has 0 aliphatic rings. The molecule has 5 heteroatoms. The first kappa shape index (κ1) is 14.4. The zero-order chi connectivity index (χ0) is 14.4. The summed E-state index contributed by atoms with van der Waals surface area (Å²) in [5, 5.41) is 0. The lowest BCUT2D eigenvalue weighted by molar-refractivity contribution is -0.119. The number of halogens is 1. The van der Waals surface area contributed by atoms with Crippen molar-refractivity contribution in [2.45, 2.75) is 10.6 Å². The van der Waals surface area contributed by atoms with Crippen molar-refractivity contribution in [3.8, 4) is 5.75 Å². The molecule has 2 N–H and O–H groups in total. The predicted molar refractivity (Wildman–Crippen MR) is 77.1 cm³/mol. The summed E-state index contributed by atoms with van der Waals surface area (Å²) in [7, 11) is 0. The van der Waals surface area contributed by atoms with Gasteiger partial charge in [0.1, 0.15) is 11.6 Å². The summed E-state index contributed by atoms with van der Waals surface area (Å²) in [6.07, 6.45) is 0. The summed E-state index contributed by atoms with van der Waals surface area (Å²) in [5.74, 6) is 0.458. The Balaban J connectivity index is 1.98. The summed E-state index contributed by atoms with van der Waals surface area (Å²) in [6.45, 7) is -0.149. The summed E-state index contributed by atoms with van der Waals surface area (Å²) in [6, 6.07) is 14.0. The van der Waals surface area contributed by atoms with Gasteiger partial charge >= 0.3 is 0 Å². The van der Waals surface area contributed by atoms with Crippen LogP contribution in [-0.2, 0) is 10.5 Å². The van der Waals surface area contributed by atoms with Crippen LogP contribution in [0.2, 0.25) is 0 Å². The topological polar surface area (TPSA) is 52.3 Å². The van der Waals surface area contributed by atoms with Gasteiger partial charge in [0.25, 0.3) is 5.91 Å². The second-order valence-electron chi connectivity index (χ2n) is 4.12. The van der Waals surface area contributed by atoms with Gasteiger partial charge in [0.2, 0.25) is 0 Å². The second kappa shape index (κ2) is 6.96. The Labute approximate surface area is 120 Å². The summed E-state index contributed by atoms with van der Waals surface area (Å²) < 4.78 is 18.7. The molecule has 0 heterocycles. The Morgan fingerprint density at radius 1 is 1.20 bits per heavy atom. The maximum absolute atomic E-state index is 13.5. The zero-order valence-electron chi connectivity index (χ0n) is 10.7. The number of primary amides is 1. The molecule has 3 nitrogen and oxygen atoms in total. The molecule has 0 spiro atoms. The molecule has 0 aliphatic heterocycles. The van der Waals surface area contributed by atoms with Crippen LogP contribution >= 0.6 is 11.8 Å². The van der Waals surface area contributed by atoms with Crippen LogP contribution in [0.3, 0.4) is 0 Å². The van der Waals surface area contributed by atoms with Gasteiger partial charge < -0.3 is 10.5 Å². The lowest BCUT2D eigenvalue weighted by Gasteiger charge is -2.07. The number of thioether (sulfide) groups is 1. The number of benzene rings is 2. The van der Waals surface area contributed by atoms with E-state index in [0.717, 1.165) is 5.56 Å². The number of hydrogen-bond donors (Lipinski definition) is 1. The van der Waals surface area contributed by atoms with E-state index in [4.69, 9.17) is 10.5 Å². The van der Waals surface area contributed by atoms with Crippen LogP contribution in [-0.4, -0.2) is 12.5 Å². The number of hydrogen-bond acceptors (Lipinski definition) is 3. The fraction of sp³-hybridized carbons (Fsp3) is 0.133. The average molecular weight is 291 g/mol. The lowest BCUT2D eigenvalue weighted by Crippen LogP contribution is -2.20. The predicted octanol–water partition coefficient (Wildman–Crippen LogP) is 2.98. The van der Waals surface area contributed by atoms with Gasteiger partial charge in [-0.05, 0) is 29.8 Å². The summed E-state index contributed by atoms with van der Waals surface area (Å²) >= 11 is 1.41. The normalized spacial score (nSPS) is 10.2. The molecule has 104 valence electrons. The van der Waals surface area contributed by atoms with Crippen LogP contribution in [0.4, 0.5) is 4.39 Å². The number of carbonyl (C=O) groups excluding carboxylic acids is 1. The molecule has 2 rings (SSSR count). The van der Waals surface area contributed by atoms with Crippen molar-refractivity contribution in [2.24, 2.45) is 5.73 Å². The van der Waals surface area contributed by atoms with E-state index in [9.17, 15) is 9.18 Å². The maximum atomic E-state index is 13.5. The highest BCUT2D eigenvalue weighted by Crippen LogP contribution is 2.26. The highest BCUT2D eigenvalue weighted by atomic mass is 32.2. The van der Waals surface area contributed by atoms with E-state index in [1.165, 1.54) is 17.8 Å². The fourth-order valence-corrected chi connectivity index (χ4v) is 2.48. The van der Waals surface area contributed by atoms with Crippen LogP contribution in [0.1, 0.15) is 5.56 Å². The molecule has 0 fully saturated rings. The van der Waals surface area contributed by atoms with Crippen molar-refractivity contribution >= 4 is 17.7 Å². The number of ether oxygens (including phenoxy) is 1. The first-order valence-electron chi connectivity index (χ1n) is 6.02. The first-order valence-corrected chi connectivity index (χ1v) is 7.01. The Bertz CT molecular complexity index is 604. The highest BCUT2D eigenvalue weighted by molar-refractivity contribution is 7.98. The van der Waals surface area contributed by atoms with E-state index in [1.54, 1.807) is 24.3 Å². The molecule has 0 aliphatic carbocycles. The van der Waals surface area contributed by atoms with E-state index in [2.05, 4.69) is 0 Å². The van der Waals surface area contributed by atoms with Crippen LogP contribution < -0.4 is 10.5 Å². The van der Waals surface area contributed by atoms with Crippen molar-refractivity contribution in [2.75, 3.05) is 6.61 Å². The molecular weight excluding hydrogens is 277 g/mol. The van der Waals surface area contributed by atoms with Crippen LogP contribution in [0.5, 0.6) is 5.75 Å². The number of amides is 1. The molecule has 0 atom stereocenters. The van der Waals surface area contributed by atoms with E-state index < -0.39 is 5.91 Å². The van der Waals surface area contributed by atoms with Crippen molar-refractivity contribution in [3.63, 3.8) is 0 Å². The molecule has 0 aromatic heterocycles. The third-order valence-corrected chi connectivity index (χ3v) is 3.63. The standard InChI is InChI=1S/C15H14FNO2S/c16-13-6-1-2-7-14(13)20-10-11-4-3-5-12(8-11)19-9-15(17)18/h1-8H,9-10H2,(H2,17,18). The largest absolute Gasteiger partial charge is 0.484 e. The molecule has 0 saturated carbocycles. The minimum absolute atomic E-state index is 0.149. The van der Waals surface area contributed by atoms with Gasteiger partial charge in [0.15, 0.2) is 6.61 Å². The minimum atomic E-state index is -0.517. The van der Waals surface area contributed by atoms with Crippen molar-refractivity contribution in [3.05, 3.63) is 59.9 Å². The monoisotopic (exact) mass is 291 g/mol. The molecule has 0 saturated heterocycles. The van der Waals surface area contributed by atoms with Crippen LogP contribution in [0, 0.1) is 5.82 Å². The van der Waals surface area contributed by atoms with Crippen molar-refractivity contribution in [1.29, 1.82) is 0 Å².